The van der Waals surface area contributed by atoms with E-state index in [1.54, 1.807) is 0 Å². The molecule has 0 N–H and O–H groups in total. The maximum atomic E-state index is 2.65. The summed E-state index contributed by atoms with van der Waals surface area (Å²) in [6.07, 6.45) is 0. The zero-order chi connectivity index (χ0) is 69.5. The second-order valence-electron chi connectivity index (χ2n) is 27.6. The van der Waals surface area contributed by atoms with Crippen LogP contribution in [0.1, 0.15) is 5.56 Å². The van der Waals surface area contributed by atoms with Crippen molar-refractivity contribution in [3.05, 3.63) is 394 Å². The molecule has 0 unspecified atom stereocenters. The second kappa shape index (κ2) is 25.8. The Balaban J connectivity index is 0.836. The van der Waals surface area contributed by atoms with Crippen LogP contribution < -0.4 is 57.3 Å². The van der Waals surface area contributed by atoms with Gasteiger partial charge in [0.05, 0.1) is 5.69 Å². The molecule has 492 valence electrons. The summed E-state index contributed by atoms with van der Waals surface area (Å²) in [6, 6.07) is 144. The monoisotopic (exact) mass is 1360 g/mol. The Hall–Kier alpha value is -13.0. The van der Waals surface area contributed by atoms with Gasteiger partial charge in [-0.05, 0) is 206 Å². The third kappa shape index (κ3) is 10.7. The van der Waals surface area contributed by atoms with Gasteiger partial charge in [0.15, 0.2) is 0 Å². The lowest BCUT2D eigenvalue weighted by Gasteiger charge is -2.46. The fourth-order valence-corrected chi connectivity index (χ4v) is 18.0. The highest BCUT2D eigenvalue weighted by Crippen LogP contribution is 2.52. The second-order valence-corrected chi connectivity index (χ2v) is 28.7. The molecule has 16 aromatic carbocycles. The molecule has 0 spiro atoms. The smallest absolute Gasteiger partial charge is 0.252 e. The van der Waals surface area contributed by atoms with Gasteiger partial charge >= 0.3 is 0 Å². The summed E-state index contributed by atoms with van der Waals surface area (Å²) >= 11 is 1.91. The first-order chi connectivity index (χ1) is 52.0. The van der Waals surface area contributed by atoms with E-state index in [9.17, 15) is 0 Å². The molecule has 5 nitrogen and oxygen atoms in total. The van der Waals surface area contributed by atoms with Gasteiger partial charge in [-0.3, -0.25) is 0 Å². The Labute approximate surface area is 618 Å². The van der Waals surface area contributed by atoms with Crippen molar-refractivity contribution in [2.75, 3.05) is 24.5 Å². The number of hydrogen-bond acceptors (Lipinski definition) is 6. The number of para-hydroxylation sites is 5. The standard InChI is InChI=1S/C97H67B2N5S/c1-66-28-20-23-47-87(66)104-90-65-94-86(99-84-46-22-25-49-89(84)103(76-41-18-7-19-42-76)93-62-82(63-95(105-94)97(93)99)101(78-56-52-72(53-57-78)68-31-10-3-11-32-68)80-44-27-38-74(59-80)70-35-14-5-15-36-70)64-85(90)98-83-45-21-24-48-88(83)102(75-39-16-6-17-40-75)91-60-81(61-92(104)96(91)98)100(77-54-50-71(51-55-77)67-29-8-2-9-30-67)79-43-26-37-73(58-79)69-33-12-4-13-34-69/h2-65H,1H3. The van der Waals surface area contributed by atoms with Crippen molar-refractivity contribution in [3.63, 3.8) is 0 Å². The number of nitrogens with zero attached hydrogens (tertiary/aromatic N) is 5. The van der Waals surface area contributed by atoms with E-state index in [1.165, 1.54) is 76.1 Å². The zero-order valence-electron chi connectivity index (χ0n) is 57.7. The fraction of sp³-hybridized carbons (Fsp3) is 0.0103. The lowest BCUT2D eigenvalue weighted by atomic mass is 9.31. The Bertz CT molecular complexity index is 5990. The topological polar surface area (TPSA) is 16.2 Å². The first-order valence-electron chi connectivity index (χ1n) is 36.2. The van der Waals surface area contributed by atoms with Crippen LogP contribution >= 0.6 is 11.8 Å². The molecule has 0 fully saturated rings. The molecular weight excluding hydrogens is 1290 g/mol. The minimum atomic E-state index is -0.165. The number of aryl methyl sites for hydroxylation is 1. The van der Waals surface area contributed by atoms with Crippen molar-refractivity contribution in [1.82, 2.24) is 0 Å². The molecule has 105 heavy (non-hydrogen) atoms. The number of benzene rings is 16. The van der Waals surface area contributed by atoms with E-state index in [4.69, 9.17) is 0 Å². The minimum Gasteiger partial charge on any atom is -0.311 e. The molecule has 16 aromatic rings. The molecule has 4 aliphatic heterocycles. The van der Waals surface area contributed by atoms with Crippen molar-refractivity contribution >= 4 is 143 Å². The van der Waals surface area contributed by atoms with Crippen LogP contribution in [0.2, 0.25) is 0 Å². The Kier molecular flexibility index (Phi) is 15.2. The van der Waals surface area contributed by atoms with Gasteiger partial charge < -0.3 is 24.5 Å². The molecule has 8 heteroatoms. The van der Waals surface area contributed by atoms with E-state index >= 15 is 0 Å². The van der Waals surface area contributed by atoms with E-state index < -0.39 is 0 Å². The molecule has 4 heterocycles. The van der Waals surface area contributed by atoms with Gasteiger partial charge in [-0.25, -0.2) is 0 Å². The lowest BCUT2D eigenvalue weighted by molar-refractivity contribution is 1.21. The van der Waals surface area contributed by atoms with E-state index in [2.05, 4.69) is 420 Å². The van der Waals surface area contributed by atoms with Gasteiger partial charge in [-0.1, -0.05) is 284 Å². The molecule has 0 saturated heterocycles. The Morgan fingerprint density at radius 2 is 0.590 bits per heavy atom. The number of anilines is 15. The van der Waals surface area contributed by atoms with Crippen molar-refractivity contribution in [2.45, 2.75) is 16.7 Å². The van der Waals surface area contributed by atoms with E-state index in [1.807, 2.05) is 11.8 Å². The molecule has 0 atom stereocenters. The maximum absolute atomic E-state index is 2.65. The summed E-state index contributed by atoms with van der Waals surface area (Å²) in [5.41, 5.74) is 34.8. The van der Waals surface area contributed by atoms with E-state index in [0.29, 0.717) is 0 Å². The first-order valence-corrected chi connectivity index (χ1v) is 37.0. The Morgan fingerprint density at radius 3 is 1.07 bits per heavy atom. The first kappa shape index (κ1) is 61.8. The van der Waals surface area contributed by atoms with Crippen LogP contribution in [-0.4, -0.2) is 13.4 Å². The van der Waals surface area contributed by atoms with Crippen LogP contribution in [0.4, 0.5) is 85.3 Å². The molecule has 0 saturated carbocycles. The van der Waals surface area contributed by atoms with Crippen molar-refractivity contribution < 1.29 is 0 Å². The van der Waals surface area contributed by atoms with Crippen LogP contribution in [0.15, 0.2) is 398 Å². The predicted octanol–water partition coefficient (Wildman–Crippen LogP) is 22.4. The maximum Gasteiger partial charge on any atom is 0.252 e. The summed E-state index contributed by atoms with van der Waals surface area (Å²) < 4.78 is 0. The van der Waals surface area contributed by atoms with Crippen molar-refractivity contribution in [3.8, 4) is 44.5 Å². The molecule has 4 aliphatic rings. The summed E-state index contributed by atoms with van der Waals surface area (Å²) in [6.45, 7) is 1.99. The van der Waals surface area contributed by atoms with Crippen LogP contribution in [0.5, 0.6) is 0 Å². The predicted molar refractivity (Wildman–Crippen MR) is 446 cm³/mol. The highest BCUT2D eigenvalue weighted by atomic mass is 32.2. The van der Waals surface area contributed by atoms with Gasteiger partial charge in [0.2, 0.25) is 6.71 Å². The highest BCUT2D eigenvalue weighted by Gasteiger charge is 2.48. The van der Waals surface area contributed by atoms with Gasteiger partial charge in [-0.15, -0.1) is 0 Å². The molecule has 0 amide bonds. The van der Waals surface area contributed by atoms with Gasteiger partial charge in [0.1, 0.15) is 0 Å². The van der Waals surface area contributed by atoms with Crippen LogP contribution in [0.25, 0.3) is 44.5 Å². The van der Waals surface area contributed by atoms with Gasteiger partial charge in [0.25, 0.3) is 6.71 Å². The van der Waals surface area contributed by atoms with Crippen LogP contribution in [0.3, 0.4) is 0 Å². The number of fused-ring (bicyclic) bond motifs is 8. The molecular formula is C97H67B2N5S. The molecule has 0 aromatic heterocycles. The third-order valence-corrected chi connectivity index (χ3v) is 22.7. The number of rotatable bonds is 13. The molecule has 0 aliphatic carbocycles. The van der Waals surface area contributed by atoms with E-state index in [0.717, 1.165) is 102 Å². The SMILES string of the molecule is Cc1ccccc1N1c2cc3c(cc2B2c4ccccc4N(c4ccccc4)c4cc(N(c5ccc(-c6ccccc6)cc5)c5cccc(-c6ccccc6)c5)cc1c42)B1c2ccccc2N(c2ccccc2)c2cc(N(c4ccc(-c5ccccc5)cc4)c4cccc(-c5ccccc5)c4)cc(c21)S3. The summed E-state index contributed by atoms with van der Waals surface area (Å²) in [4.78, 5) is 15.1. The van der Waals surface area contributed by atoms with Crippen molar-refractivity contribution in [2.24, 2.45) is 0 Å². The Morgan fingerprint density at radius 1 is 0.219 bits per heavy atom. The molecule has 20 rings (SSSR count). The van der Waals surface area contributed by atoms with Crippen LogP contribution in [0, 0.1) is 6.92 Å². The van der Waals surface area contributed by atoms with E-state index in [-0.39, 0.29) is 13.4 Å². The normalized spacial score (nSPS) is 12.7. The molecule has 0 bridgehead atoms. The van der Waals surface area contributed by atoms with Gasteiger partial charge in [-0.2, -0.15) is 0 Å². The van der Waals surface area contributed by atoms with Crippen molar-refractivity contribution in [1.29, 1.82) is 0 Å². The third-order valence-electron chi connectivity index (χ3n) is 21.5. The fourth-order valence-electron chi connectivity index (χ4n) is 16.8. The number of hydrogen-bond donors (Lipinski definition) is 0. The quantitative estimate of drug-likeness (QED) is 0.106. The zero-order valence-corrected chi connectivity index (χ0v) is 58.6. The molecule has 0 radical (unpaired) electrons. The lowest BCUT2D eigenvalue weighted by Crippen LogP contribution is -2.64. The summed E-state index contributed by atoms with van der Waals surface area (Å²) in [5.74, 6) is 0. The van der Waals surface area contributed by atoms with Crippen LogP contribution in [-0.2, 0) is 0 Å². The highest BCUT2D eigenvalue weighted by molar-refractivity contribution is 8.00. The summed E-state index contributed by atoms with van der Waals surface area (Å²) in [7, 11) is 0. The van der Waals surface area contributed by atoms with Gasteiger partial charge in [0, 0.05) is 89.4 Å². The largest absolute Gasteiger partial charge is 0.311 e. The average Bonchev–Trinajstić information content (AvgIpc) is 0.687. The minimum absolute atomic E-state index is 0.120. The summed E-state index contributed by atoms with van der Waals surface area (Å²) in [5, 5.41) is 0. The average molecular weight is 1360 g/mol.